The molecule has 1 heterocycles. The minimum Gasteiger partial charge on any atom is -0.330 e. The monoisotopic (exact) mass is 304 g/mol. The fourth-order valence-electron chi connectivity index (χ4n) is 2.09. The van der Waals surface area contributed by atoms with E-state index >= 15 is 0 Å². The first kappa shape index (κ1) is 13.2. The Morgan fingerprint density at radius 2 is 1.78 bits per heavy atom. The zero-order valence-corrected chi connectivity index (χ0v) is 11.8. The minimum absolute atomic E-state index is 0.462. The van der Waals surface area contributed by atoms with Crippen LogP contribution in [0.25, 0.3) is 0 Å². The van der Waals surface area contributed by atoms with E-state index in [0.717, 1.165) is 17.3 Å². The first-order valence-electron chi connectivity index (χ1n) is 6.11. The maximum atomic E-state index is 5.87. The topological polar surface area (TPSA) is 38.9 Å². The van der Waals surface area contributed by atoms with Crippen LogP contribution in [0.4, 0.5) is 0 Å². The van der Waals surface area contributed by atoms with Crippen LogP contribution >= 0.6 is 15.9 Å². The summed E-state index contributed by atoms with van der Waals surface area (Å²) < 4.78 is 1.02. The van der Waals surface area contributed by atoms with Crippen molar-refractivity contribution >= 4 is 15.9 Å². The molecule has 2 nitrogen and oxygen atoms in total. The summed E-state index contributed by atoms with van der Waals surface area (Å²) in [5.74, 6) is 0.462. The van der Waals surface area contributed by atoms with Gasteiger partial charge in [-0.25, -0.2) is 0 Å². The molecule has 18 heavy (non-hydrogen) atoms. The molecule has 0 saturated heterocycles. The quantitative estimate of drug-likeness (QED) is 0.921. The Labute approximate surface area is 116 Å². The first-order chi connectivity index (χ1) is 8.78. The smallest absolute Gasteiger partial charge is 0.0410 e. The lowest BCUT2D eigenvalue weighted by Crippen LogP contribution is -2.19. The van der Waals surface area contributed by atoms with Crippen LogP contribution in [-0.4, -0.2) is 11.5 Å². The molecule has 3 heteroatoms. The van der Waals surface area contributed by atoms with Crippen molar-refractivity contribution in [1.82, 2.24) is 4.98 Å². The Kier molecular flexibility index (Phi) is 4.90. The number of nitrogens with two attached hydrogens (primary N) is 1. The Hall–Kier alpha value is -1.19. The molecular weight excluding hydrogens is 288 g/mol. The number of rotatable bonds is 5. The molecule has 0 saturated carbocycles. The summed E-state index contributed by atoms with van der Waals surface area (Å²) in [6, 6.07) is 12.6. The average molecular weight is 305 g/mol. The number of aromatic nitrogens is 1. The number of pyridine rings is 1. The highest BCUT2D eigenvalue weighted by Gasteiger charge is 2.09. The summed E-state index contributed by atoms with van der Waals surface area (Å²) in [5.41, 5.74) is 8.45. The fraction of sp³-hybridized carbons (Fsp3) is 0.267. The fourth-order valence-corrected chi connectivity index (χ4v) is 2.50. The molecule has 0 aliphatic heterocycles. The summed E-state index contributed by atoms with van der Waals surface area (Å²) in [6.45, 7) is 0.696. The summed E-state index contributed by atoms with van der Waals surface area (Å²) in [6.07, 6.45) is 5.71. The van der Waals surface area contributed by atoms with Crippen LogP contribution in [-0.2, 0) is 12.8 Å². The number of benzene rings is 1. The van der Waals surface area contributed by atoms with Crippen molar-refractivity contribution < 1.29 is 0 Å². The number of hydrogen-bond acceptors (Lipinski definition) is 2. The van der Waals surface area contributed by atoms with E-state index < -0.39 is 0 Å². The van der Waals surface area contributed by atoms with Gasteiger partial charge in [-0.1, -0.05) is 30.3 Å². The second-order valence-electron chi connectivity index (χ2n) is 4.51. The van der Waals surface area contributed by atoms with Gasteiger partial charge < -0.3 is 5.73 Å². The molecule has 2 N–H and O–H groups in total. The van der Waals surface area contributed by atoms with Crippen molar-refractivity contribution in [2.45, 2.75) is 12.8 Å². The molecule has 0 fully saturated rings. The van der Waals surface area contributed by atoms with Gasteiger partial charge in [-0.05, 0) is 58.4 Å². The highest BCUT2D eigenvalue weighted by Crippen LogP contribution is 2.16. The van der Waals surface area contributed by atoms with Crippen molar-refractivity contribution in [3.63, 3.8) is 0 Å². The first-order valence-corrected chi connectivity index (χ1v) is 6.90. The van der Waals surface area contributed by atoms with Crippen molar-refractivity contribution in [1.29, 1.82) is 0 Å². The summed E-state index contributed by atoms with van der Waals surface area (Å²) in [7, 11) is 0. The second-order valence-corrected chi connectivity index (χ2v) is 5.42. The third-order valence-corrected chi connectivity index (χ3v) is 3.42. The molecule has 0 bridgehead atoms. The zero-order chi connectivity index (χ0) is 12.8. The summed E-state index contributed by atoms with van der Waals surface area (Å²) >= 11 is 3.45. The molecule has 2 rings (SSSR count). The van der Waals surface area contributed by atoms with E-state index in [1.165, 1.54) is 11.1 Å². The van der Waals surface area contributed by atoms with E-state index in [9.17, 15) is 0 Å². The molecule has 1 aromatic carbocycles. The minimum atomic E-state index is 0.462. The van der Waals surface area contributed by atoms with Crippen molar-refractivity contribution in [3.05, 3.63) is 64.4 Å². The molecular formula is C15H17BrN2. The van der Waals surface area contributed by atoms with Crippen molar-refractivity contribution in [2.24, 2.45) is 11.7 Å². The predicted octanol–water partition coefficient (Wildman–Crippen LogP) is 3.20. The third kappa shape index (κ3) is 3.93. The lowest BCUT2D eigenvalue weighted by Gasteiger charge is -2.14. The van der Waals surface area contributed by atoms with Crippen LogP contribution in [0.3, 0.4) is 0 Å². The van der Waals surface area contributed by atoms with Gasteiger partial charge in [0, 0.05) is 16.9 Å². The maximum absolute atomic E-state index is 5.87. The van der Waals surface area contributed by atoms with Crippen LogP contribution in [0.15, 0.2) is 53.3 Å². The Bertz CT molecular complexity index is 485. The third-order valence-electron chi connectivity index (χ3n) is 2.99. The largest absolute Gasteiger partial charge is 0.330 e. The SMILES string of the molecule is NCC(Cc1ccccc1)Cc1cncc(Br)c1. The number of hydrogen-bond donors (Lipinski definition) is 1. The van der Waals surface area contributed by atoms with Gasteiger partial charge in [-0.3, -0.25) is 4.98 Å². The molecule has 94 valence electrons. The van der Waals surface area contributed by atoms with Gasteiger partial charge in [0.2, 0.25) is 0 Å². The number of nitrogens with zero attached hydrogens (tertiary/aromatic N) is 1. The summed E-state index contributed by atoms with van der Waals surface area (Å²) in [4.78, 5) is 4.19. The molecule has 0 aliphatic rings. The second kappa shape index (κ2) is 6.66. The maximum Gasteiger partial charge on any atom is 0.0410 e. The Morgan fingerprint density at radius 3 is 2.44 bits per heavy atom. The average Bonchev–Trinajstić information content (AvgIpc) is 2.39. The van der Waals surface area contributed by atoms with Gasteiger partial charge in [-0.15, -0.1) is 0 Å². The molecule has 1 aromatic heterocycles. The standard InChI is InChI=1S/C15H17BrN2/c16-15-8-14(10-18-11-15)7-13(9-17)6-12-4-2-1-3-5-12/h1-5,8,10-11,13H,6-7,9,17H2. The van der Waals surface area contributed by atoms with E-state index in [1.807, 2.05) is 12.3 Å². The van der Waals surface area contributed by atoms with Gasteiger partial charge in [0.1, 0.15) is 0 Å². The van der Waals surface area contributed by atoms with Gasteiger partial charge in [-0.2, -0.15) is 0 Å². The van der Waals surface area contributed by atoms with Crippen LogP contribution < -0.4 is 5.73 Å². The van der Waals surface area contributed by atoms with Crippen molar-refractivity contribution in [3.8, 4) is 0 Å². The molecule has 2 aromatic rings. The molecule has 0 spiro atoms. The van der Waals surface area contributed by atoms with Gasteiger partial charge in [0.05, 0.1) is 0 Å². The molecule has 0 radical (unpaired) electrons. The molecule has 0 amide bonds. The van der Waals surface area contributed by atoms with Crippen LogP contribution in [0.5, 0.6) is 0 Å². The molecule has 1 unspecified atom stereocenters. The van der Waals surface area contributed by atoms with Gasteiger partial charge in [0.15, 0.2) is 0 Å². The Morgan fingerprint density at radius 1 is 1.06 bits per heavy atom. The predicted molar refractivity (Wildman–Crippen MR) is 78.3 cm³/mol. The Balaban J connectivity index is 2.01. The lowest BCUT2D eigenvalue weighted by molar-refractivity contribution is 0.532. The highest BCUT2D eigenvalue weighted by molar-refractivity contribution is 9.10. The van der Waals surface area contributed by atoms with E-state index in [0.29, 0.717) is 12.5 Å². The van der Waals surface area contributed by atoms with Crippen LogP contribution in [0.1, 0.15) is 11.1 Å². The molecule has 1 atom stereocenters. The summed E-state index contributed by atoms with van der Waals surface area (Å²) in [5, 5.41) is 0. The van der Waals surface area contributed by atoms with E-state index in [2.05, 4.69) is 51.2 Å². The zero-order valence-electron chi connectivity index (χ0n) is 10.2. The van der Waals surface area contributed by atoms with E-state index in [-0.39, 0.29) is 0 Å². The molecule has 0 aliphatic carbocycles. The highest BCUT2D eigenvalue weighted by atomic mass is 79.9. The normalized spacial score (nSPS) is 12.3. The van der Waals surface area contributed by atoms with E-state index in [4.69, 9.17) is 5.73 Å². The van der Waals surface area contributed by atoms with Gasteiger partial charge in [0.25, 0.3) is 0 Å². The van der Waals surface area contributed by atoms with Crippen LogP contribution in [0.2, 0.25) is 0 Å². The van der Waals surface area contributed by atoms with E-state index in [1.54, 1.807) is 6.20 Å². The van der Waals surface area contributed by atoms with Crippen molar-refractivity contribution in [2.75, 3.05) is 6.54 Å². The van der Waals surface area contributed by atoms with Crippen LogP contribution in [0, 0.1) is 5.92 Å². The number of halogens is 1. The lowest BCUT2D eigenvalue weighted by atomic mass is 9.93. The van der Waals surface area contributed by atoms with Gasteiger partial charge >= 0.3 is 0 Å².